The van der Waals surface area contributed by atoms with Crippen LogP contribution in [-0.2, 0) is 32.5 Å². The lowest BCUT2D eigenvalue weighted by molar-refractivity contribution is 0.568. The van der Waals surface area contributed by atoms with Crippen molar-refractivity contribution in [1.82, 2.24) is 19.9 Å². The van der Waals surface area contributed by atoms with Gasteiger partial charge in [0.05, 0.1) is 22.8 Å². The summed E-state index contributed by atoms with van der Waals surface area (Å²) in [6.07, 6.45) is 7.04. The average molecular weight is 1130 g/mol. The van der Waals surface area contributed by atoms with Crippen molar-refractivity contribution < 1.29 is 0 Å². The zero-order valence-corrected chi connectivity index (χ0v) is 54.7. The highest BCUT2D eigenvalue weighted by atomic mass is 28.3. The lowest BCUT2D eigenvalue weighted by Gasteiger charge is -2.40. The maximum absolute atomic E-state index is 6.21. The molecule has 430 valence electrons. The molecule has 0 aliphatic carbocycles. The van der Waals surface area contributed by atoms with Crippen LogP contribution in [-0.4, -0.2) is 28.0 Å². The van der Waals surface area contributed by atoms with E-state index >= 15 is 0 Å². The van der Waals surface area contributed by atoms with Crippen LogP contribution in [0.1, 0.15) is 181 Å². The molecule has 8 bridgehead atoms. The first-order valence-corrected chi connectivity index (χ1v) is 32.8. The Morgan fingerprint density at radius 1 is 0.318 bits per heavy atom. The third kappa shape index (κ3) is 10.2. The van der Waals surface area contributed by atoms with Crippen LogP contribution in [0, 0.1) is 0 Å². The number of nitrogens with one attached hydrogen (secondary N) is 2. The molecular formula is C80H86N4Si. The second kappa shape index (κ2) is 20.1. The molecule has 0 spiro atoms. The van der Waals surface area contributed by atoms with Crippen molar-refractivity contribution in [3.8, 4) is 44.5 Å². The first-order valence-electron chi connectivity index (χ1n) is 30.8. The summed E-state index contributed by atoms with van der Waals surface area (Å²) in [5, 5.41) is 5.28. The second-order valence-corrected chi connectivity index (χ2v) is 34.3. The first kappa shape index (κ1) is 57.6. The highest BCUT2D eigenvalue weighted by Gasteiger charge is 2.50. The van der Waals surface area contributed by atoms with Gasteiger partial charge in [-0.25, -0.2) is 9.97 Å². The molecule has 0 saturated carbocycles. The van der Waals surface area contributed by atoms with Crippen LogP contribution in [0.3, 0.4) is 0 Å². The van der Waals surface area contributed by atoms with Gasteiger partial charge in [0.2, 0.25) is 0 Å². The number of benzene rings is 6. The summed E-state index contributed by atoms with van der Waals surface area (Å²) >= 11 is 0. The van der Waals surface area contributed by atoms with Crippen LogP contribution >= 0.6 is 0 Å². The SMILES string of the molecule is CC(C)(C)c1cc(-c2c3nc(c(-c4cc(C(C)(C)C)cc(C(C)(C)C)c4)c4ccc([nH]4)c4c5nc(c(-c6cc(C(C)(C)C)cc(C(C)(C)C)c6)c6ccc2[nH]6)C=C5[Si](c2ccccc2)(c2ccccc2)c2ccccc2-4)C=C3)cc(C(C)(C)C)c1. The molecule has 3 aliphatic heterocycles. The van der Waals surface area contributed by atoms with Gasteiger partial charge in [-0.1, -0.05) is 264 Å². The van der Waals surface area contributed by atoms with Gasteiger partial charge in [-0.15, -0.1) is 0 Å². The summed E-state index contributed by atoms with van der Waals surface area (Å²) in [4.78, 5) is 20.5. The van der Waals surface area contributed by atoms with Crippen LogP contribution in [0.15, 0.2) is 164 Å². The van der Waals surface area contributed by atoms with E-state index in [1.165, 1.54) is 59.7 Å². The smallest absolute Gasteiger partial charge is 0.182 e. The predicted octanol–water partition coefficient (Wildman–Crippen LogP) is 19.5. The Morgan fingerprint density at radius 3 is 0.988 bits per heavy atom. The van der Waals surface area contributed by atoms with Crippen LogP contribution in [0.2, 0.25) is 0 Å². The lowest BCUT2D eigenvalue weighted by Crippen LogP contribution is -2.69. The summed E-state index contributed by atoms with van der Waals surface area (Å²) in [5.74, 6) is 0. The third-order valence-electron chi connectivity index (χ3n) is 18.1. The number of hydrogen-bond acceptors (Lipinski definition) is 2. The van der Waals surface area contributed by atoms with Crippen LogP contribution in [0.5, 0.6) is 0 Å². The Bertz CT molecular complexity index is 4250. The van der Waals surface area contributed by atoms with Crippen LogP contribution < -0.4 is 15.6 Å². The molecule has 0 radical (unpaired) electrons. The predicted molar refractivity (Wildman–Crippen MR) is 369 cm³/mol. The zero-order valence-electron chi connectivity index (χ0n) is 53.7. The molecule has 12 rings (SSSR count). The maximum atomic E-state index is 6.21. The number of nitrogens with zero attached hydrogens (tertiary/aromatic N) is 2. The number of H-pyrrole nitrogens is 2. The van der Waals surface area contributed by atoms with E-state index in [9.17, 15) is 0 Å². The molecule has 0 saturated heterocycles. The van der Waals surface area contributed by atoms with Crippen molar-refractivity contribution in [2.45, 2.75) is 157 Å². The molecule has 6 heterocycles. The second-order valence-electron chi connectivity index (χ2n) is 30.6. The minimum absolute atomic E-state index is 0.110. The zero-order chi connectivity index (χ0) is 60.6. The molecule has 3 aliphatic rings. The van der Waals surface area contributed by atoms with E-state index < -0.39 is 8.07 Å². The first-order chi connectivity index (χ1) is 39.9. The third-order valence-corrected chi connectivity index (χ3v) is 23.0. The van der Waals surface area contributed by atoms with Crippen LogP contribution in [0.4, 0.5) is 0 Å². The summed E-state index contributed by atoms with van der Waals surface area (Å²) in [5.41, 5.74) is 23.8. The Balaban J connectivity index is 1.35. The monoisotopic (exact) mass is 1130 g/mol. The largest absolute Gasteiger partial charge is 0.354 e. The Kier molecular flexibility index (Phi) is 13.6. The summed E-state index contributed by atoms with van der Waals surface area (Å²) in [7, 11) is -3.14. The standard InChI is InChI=1S/C80H86N4Si/c1-75(2,3)52-39-49(40-53(45-52)76(4,5)6)70-61-33-34-62(81-61)71(50-41-54(77(7,8)9)46-55(42-50)78(10,11)12)64-37-38-66(83-64)73-60-31-25-26-32-68(60)85(58-27-21-19-22-28-58,59-29-23-20-24-30-59)69-48-67(84-74(69)73)72(65-36-35-63(70)82-65)51-43-56(79(13,14)15)47-57(44-51)80(16,17)18/h19-48,82-83H,1-18H3. The molecule has 0 unspecified atom stereocenters. The van der Waals surface area contributed by atoms with Gasteiger partial charge in [-0.05, 0) is 151 Å². The maximum Gasteiger partial charge on any atom is 0.182 e. The van der Waals surface area contributed by atoms with E-state index in [0.29, 0.717) is 0 Å². The van der Waals surface area contributed by atoms with Gasteiger partial charge in [-0.2, -0.15) is 0 Å². The van der Waals surface area contributed by atoms with Crippen molar-refractivity contribution >= 4 is 69.1 Å². The quantitative estimate of drug-likeness (QED) is 0.169. The van der Waals surface area contributed by atoms with Gasteiger partial charge < -0.3 is 9.97 Å². The normalized spacial score (nSPS) is 14.4. The summed E-state index contributed by atoms with van der Waals surface area (Å²) in [6.45, 7) is 42.0. The molecular weight excluding hydrogens is 1040 g/mol. The fourth-order valence-electron chi connectivity index (χ4n) is 13.0. The molecule has 2 N–H and O–H groups in total. The molecule has 3 aromatic heterocycles. The Hall–Kier alpha value is -7.86. The van der Waals surface area contributed by atoms with E-state index in [0.717, 1.165) is 83.8 Å². The highest BCUT2D eigenvalue weighted by Crippen LogP contribution is 2.48. The van der Waals surface area contributed by atoms with Gasteiger partial charge in [0.1, 0.15) is 0 Å². The van der Waals surface area contributed by atoms with Gasteiger partial charge in [0.25, 0.3) is 0 Å². The topological polar surface area (TPSA) is 57.4 Å². The van der Waals surface area contributed by atoms with Crippen molar-refractivity contribution in [1.29, 1.82) is 0 Å². The fourth-order valence-corrected chi connectivity index (χ4v) is 18.1. The number of hydrogen-bond donors (Lipinski definition) is 2. The van der Waals surface area contributed by atoms with Gasteiger partial charge in [0.15, 0.2) is 8.07 Å². The van der Waals surface area contributed by atoms with E-state index in [1.807, 2.05) is 0 Å². The molecule has 6 aromatic carbocycles. The Morgan fingerprint density at radius 2 is 0.635 bits per heavy atom. The van der Waals surface area contributed by atoms with Gasteiger partial charge in [-0.3, -0.25) is 0 Å². The van der Waals surface area contributed by atoms with Crippen molar-refractivity contribution in [3.05, 3.63) is 220 Å². The molecule has 85 heavy (non-hydrogen) atoms. The molecule has 0 amide bonds. The molecule has 4 nitrogen and oxygen atoms in total. The van der Waals surface area contributed by atoms with Crippen molar-refractivity contribution in [2.75, 3.05) is 0 Å². The van der Waals surface area contributed by atoms with Gasteiger partial charge >= 0.3 is 0 Å². The van der Waals surface area contributed by atoms with E-state index in [4.69, 9.17) is 9.97 Å². The summed E-state index contributed by atoms with van der Waals surface area (Å²) < 4.78 is 0. The number of rotatable bonds is 5. The van der Waals surface area contributed by atoms with Gasteiger partial charge in [0, 0.05) is 44.3 Å². The minimum atomic E-state index is -3.14. The number of fused-ring (bicyclic) bond motifs is 10. The van der Waals surface area contributed by atoms with E-state index in [-0.39, 0.29) is 32.5 Å². The van der Waals surface area contributed by atoms with Crippen LogP contribution in [0.25, 0.3) is 90.0 Å². The Labute approximate surface area is 507 Å². The number of aromatic nitrogens is 4. The molecule has 5 heteroatoms. The molecule has 0 fully saturated rings. The van der Waals surface area contributed by atoms with Crippen molar-refractivity contribution in [3.63, 3.8) is 0 Å². The molecule has 0 atom stereocenters. The highest BCUT2D eigenvalue weighted by molar-refractivity contribution is 7.24. The average Bonchev–Trinajstić information content (AvgIpc) is 1.69. The number of aromatic amines is 2. The van der Waals surface area contributed by atoms with E-state index in [2.05, 4.69) is 317 Å². The lowest BCUT2D eigenvalue weighted by atomic mass is 9.78. The summed E-state index contributed by atoms with van der Waals surface area (Å²) in [6, 6.07) is 63.1. The van der Waals surface area contributed by atoms with Crippen molar-refractivity contribution in [2.24, 2.45) is 0 Å². The minimum Gasteiger partial charge on any atom is -0.354 e. The fraction of sp³-hybridized carbons (Fsp3) is 0.300. The van der Waals surface area contributed by atoms with E-state index in [1.54, 1.807) is 0 Å². The molecule has 9 aromatic rings.